The lowest BCUT2D eigenvalue weighted by Crippen LogP contribution is -2.08. The summed E-state index contributed by atoms with van der Waals surface area (Å²) in [4.78, 5) is 5.75. The van der Waals surface area contributed by atoms with E-state index in [0.717, 1.165) is 4.90 Å². The molecule has 4 heteroatoms. The van der Waals surface area contributed by atoms with Gasteiger partial charge in [-0.15, -0.1) is 0 Å². The van der Waals surface area contributed by atoms with Crippen molar-refractivity contribution in [3.8, 4) is 0 Å². The Hall–Kier alpha value is -2.23. The zero-order chi connectivity index (χ0) is 18.9. The van der Waals surface area contributed by atoms with Gasteiger partial charge in [0.1, 0.15) is 0 Å². The molecule has 0 radical (unpaired) electrons. The van der Waals surface area contributed by atoms with E-state index in [-0.39, 0.29) is 5.92 Å². The Morgan fingerprint density at radius 1 is 0.889 bits per heavy atom. The summed E-state index contributed by atoms with van der Waals surface area (Å²) in [6.07, 6.45) is 0. The van der Waals surface area contributed by atoms with Gasteiger partial charge < -0.3 is 4.74 Å². The lowest BCUT2D eigenvalue weighted by atomic mass is 9.91. The van der Waals surface area contributed by atoms with E-state index in [1.54, 1.807) is 0 Å². The van der Waals surface area contributed by atoms with Crippen molar-refractivity contribution in [2.75, 3.05) is 13.2 Å². The topological polar surface area (TPSA) is 21.6 Å². The number of halogens is 1. The summed E-state index contributed by atoms with van der Waals surface area (Å²) < 4.78 is 5.78. The number of aliphatic imine (C=N–C) groups is 1. The summed E-state index contributed by atoms with van der Waals surface area (Å²) in [5, 5.41) is 1.35. The molecule has 0 atom stereocenters. The van der Waals surface area contributed by atoms with E-state index in [4.69, 9.17) is 21.3 Å². The average Bonchev–Trinajstić information content (AvgIpc) is 2.71. The molecular weight excluding hydrogens is 374 g/mol. The van der Waals surface area contributed by atoms with Gasteiger partial charge in [-0.05, 0) is 41.9 Å². The molecule has 3 rings (SSSR count). The standard InChI is InChI=1S/C23H22ClNOS/c1-2-26-23(27-22-16-10-9-15-21(22)24)25-17-20(18-11-5-3-6-12-18)19-13-7-4-8-14-19/h3-16,20H,2,17H2,1H3. The molecule has 3 aromatic rings. The molecule has 0 aromatic heterocycles. The molecule has 0 aliphatic heterocycles. The van der Waals surface area contributed by atoms with E-state index in [1.165, 1.54) is 22.9 Å². The number of ether oxygens (including phenoxy) is 1. The third-order valence-corrected chi connectivity index (χ3v) is 5.55. The monoisotopic (exact) mass is 395 g/mol. The predicted octanol–water partition coefficient (Wildman–Crippen LogP) is 6.66. The van der Waals surface area contributed by atoms with Crippen LogP contribution in [0.5, 0.6) is 0 Å². The van der Waals surface area contributed by atoms with Crippen LogP contribution < -0.4 is 0 Å². The third kappa shape index (κ3) is 5.62. The Labute approximate surface area is 170 Å². The van der Waals surface area contributed by atoms with Crippen molar-refractivity contribution in [1.29, 1.82) is 0 Å². The average molecular weight is 396 g/mol. The van der Waals surface area contributed by atoms with Crippen LogP contribution in [0.3, 0.4) is 0 Å². The lowest BCUT2D eigenvalue weighted by Gasteiger charge is -2.17. The minimum Gasteiger partial charge on any atom is -0.473 e. The summed E-state index contributed by atoms with van der Waals surface area (Å²) in [7, 11) is 0. The molecule has 0 saturated heterocycles. The number of rotatable bonds is 6. The summed E-state index contributed by atoms with van der Waals surface area (Å²) in [6, 6.07) is 28.7. The highest BCUT2D eigenvalue weighted by Crippen LogP contribution is 2.30. The number of benzene rings is 3. The zero-order valence-corrected chi connectivity index (χ0v) is 16.8. The first-order valence-electron chi connectivity index (χ1n) is 8.97. The molecule has 0 unspecified atom stereocenters. The van der Waals surface area contributed by atoms with Gasteiger partial charge in [-0.1, -0.05) is 84.4 Å². The van der Waals surface area contributed by atoms with E-state index in [2.05, 4.69) is 48.5 Å². The summed E-state index contributed by atoms with van der Waals surface area (Å²) in [6.45, 7) is 3.15. The van der Waals surface area contributed by atoms with Crippen LogP contribution in [0, 0.1) is 0 Å². The van der Waals surface area contributed by atoms with Crippen LogP contribution in [-0.4, -0.2) is 18.4 Å². The van der Waals surface area contributed by atoms with Gasteiger partial charge in [-0.3, -0.25) is 0 Å². The molecule has 0 fully saturated rings. The Morgan fingerprint density at radius 3 is 2.00 bits per heavy atom. The Morgan fingerprint density at radius 2 is 1.44 bits per heavy atom. The van der Waals surface area contributed by atoms with E-state index in [0.29, 0.717) is 23.4 Å². The number of thioether (sulfide) groups is 1. The highest BCUT2D eigenvalue weighted by molar-refractivity contribution is 8.13. The maximum Gasteiger partial charge on any atom is 0.250 e. The number of hydrogen-bond acceptors (Lipinski definition) is 3. The molecule has 0 spiro atoms. The maximum atomic E-state index is 6.29. The zero-order valence-electron chi connectivity index (χ0n) is 15.2. The van der Waals surface area contributed by atoms with Gasteiger partial charge in [-0.25, -0.2) is 4.99 Å². The van der Waals surface area contributed by atoms with Gasteiger partial charge in [0.15, 0.2) is 0 Å². The lowest BCUT2D eigenvalue weighted by molar-refractivity contribution is 0.336. The van der Waals surface area contributed by atoms with Gasteiger partial charge in [0.25, 0.3) is 5.23 Å². The molecule has 0 aliphatic rings. The summed E-state index contributed by atoms with van der Waals surface area (Å²) in [5.41, 5.74) is 2.48. The van der Waals surface area contributed by atoms with Crippen LogP contribution in [0.1, 0.15) is 24.0 Å². The second-order valence-corrected chi connectivity index (χ2v) is 7.35. The first kappa shape index (κ1) is 19.5. The highest BCUT2D eigenvalue weighted by Gasteiger charge is 2.15. The van der Waals surface area contributed by atoms with E-state index in [9.17, 15) is 0 Å². The molecule has 138 valence electrons. The highest BCUT2D eigenvalue weighted by atomic mass is 35.5. The van der Waals surface area contributed by atoms with Crippen LogP contribution in [-0.2, 0) is 4.74 Å². The van der Waals surface area contributed by atoms with Crippen molar-refractivity contribution >= 4 is 28.6 Å². The largest absolute Gasteiger partial charge is 0.473 e. The van der Waals surface area contributed by atoms with Gasteiger partial charge in [0.05, 0.1) is 18.2 Å². The van der Waals surface area contributed by atoms with Crippen molar-refractivity contribution < 1.29 is 4.74 Å². The Bertz CT molecular complexity index is 828. The summed E-state index contributed by atoms with van der Waals surface area (Å²) >= 11 is 7.76. The molecule has 0 N–H and O–H groups in total. The fourth-order valence-corrected chi connectivity index (χ4v) is 3.86. The van der Waals surface area contributed by atoms with E-state index in [1.807, 2.05) is 43.3 Å². The van der Waals surface area contributed by atoms with Crippen LogP contribution >= 0.6 is 23.4 Å². The molecule has 27 heavy (non-hydrogen) atoms. The fraction of sp³-hybridized carbons (Fsp3) is 0.174. The third-order valence-electron chi connectivity index (χ3n) is 4.11. The van der Waals surface area contributed by atoms with E-state index >= 15 is 0 Å². The van der Waals surface area contributed by atoms with Gasteiger partial charge in [-0.2, -0.15) is 0 Å². The van der Waals surface area contributed by atoms with Crippen molar-refractivity contribution in [3.63, 3.8) is 0 Å². The van der Waals surface area contributed by atoms with Crippen LogP contribution in [0.2, 0.25) is 5.02 Å². The quantitative estimate of drug-likeness (QED) is 0.264. The molecule has 0 bridgehead atoms. The van der Waals surface area contributed by atoms with Crippen molar-refractivity contribution in [2.45, 2.75) is 17.7 Å². The van der Waals surface area contributed by atoms with Crippen LogP contribution in [0.4, 0.5) is 0 Å². The molecule has 3 aromatic carbocycles. The SMILES string of the molecule is CCOC(=NCC(c1ccccc1)c1ccccc1)Sc1ccccc1Cl. The molecule has 0 heterocycles. The minimum atomic E-state index is 0.176. The first-order chi connectivity index (χ1) is 13.3. The minimum absolute atomic E-state index is 0.176. The normalized spacial score (nSPS) is 11.6. The second kappa shape index (κ2) is 10.2. The number of hydrogen-bond donors (Lipinski definition) is 0. The smallest absolute Gasteiger partial charge is 0.250 e. The van der Waals surface area contributed by atoms with Crippen LogP contribution in [0.15, 0.2) is 94.8 Å². The van der Waals surface area contributed by atoms with Gasteiger partial charge in [0.2, 0.25) is 0 Å². The van der Waals surface area contributed by atoms with Crippen LogP contribution in [0.25, 0.3) is 0 Å². The van der Waals surface area contributed by atoms with Crippen molar-refractivity contribution in [2.24, 2.45) is 4.99 Å². The fourth-order valence-electron chi connectivity index (χ4n) is 2.79. The Kier molecular flexibility index (Phi) is 7.37. The molecule has 0 amide bonds. The Balaban J connectivity index is 1.85. The summed E-state index contributed by atoms with van der Waals surface area (Å²) in [5.74, 6) is 0.176. The molecular formula is C23H22ClNOS. The maximum absolute atomic E-state index is 6.29. The second-order valence-electron chi connectivity index (χ2n) is 5.95. The predicted molar refractivity (Wildman–Crippen MR) is 116 cm³/mol. The first-order valence-corrected chi connectivity index (χ1v) is 10.2. The molecule has 0 aliphatic carbocycles. The number of nitrogens with zero attached hydrogens (tertiary/aromatic N) is 1. The van der Waals surface area contributed by atoms with Gasteiger partial charge >= 0.3 is 0 Å². The van der Waals surface area contributed by atoms with E-state index < -0.39 is 0 Å². The van der Waals surface area contributed by atoms with Crippen molar-refractivity contribution in [1.82, 2.24) is 0 Å². The molecule has 2 nitrogen and oxygen atoms in total. The molecule has 0 saturated carbocycles. The van der Waals surface area contributed by atoms with Gasteiger partial charge in [0, 0.05) is 10.8 Å². The van der Waals surface area contributed by atoms with Crippen molar-refractivity contribution in [3.05, 3.63) is 101 Å².